The Kier molecular flexibility index (Phi) is 68.1. The summed E-state index contributed by atoms with van der Waals surface area (Å²) < 4.78 is 25.3. The molecule has 0 N–H and O–H groups in total. The first-order chi connectivity index (χ1) is 60.3. The molecule has 0 spiro atoms. The quantitative estimate of drug-likeness (QED) is 0.0200. The third-order valence-corrected chi connectivity index (χ3v) is 24.1. The van der Waals surface area contributed by atoms with Crippen molar-refractivity contribution in [1.82, 2.24) is 0 Å². The van der Waals surface area contributed by atoms with Crippen LogP contribution >= 0.6 is 0 Å². The maximum Gasteiger partial charge on any atom is 0.308 e. The third-order valence-electron chi connectivity index (χ3n) is 19.6. The maximum atomic E-state index is 11.7. The summed E-state index contributed by atoms with van der Waals surface area (Å²) >= 11 is 0. The Labute approximate surface area is 798 Å². The number of hydrogen-bond donors (Lipinski definition) is 0. The van der Waals surface area contributed by atoms with E-state index in [9.17, 15) is 24.0 Å². The molecule has 0 atom stereocenters. The van der Waals surface area contributed by atoms with E-state index in [0.717, 1.165) is 53.7 Å². The zero-order valence-electron chi connectivity index (χ0n) is 89.4. The van der Waals surface area contributed by atoms with Gasteiger partial charge in [0.2, 0.25) is 0 Å². The van der Waals surface area contributed by atoms with Gasteiger partial charge in [-0.15, -0.1) is 6.58 Å². The van der Waals surface area contributed by atoms with E-state index in [4.69, 9.17) is 23.7 Å². The average molecular weight is 1800 g/mol. The number of ketones is 1. The van der Waals surface area contributed by atoms with Crippen LogP contribution in [0.15, 0.2) is 250 Å². The largest absolute Gasteiger partial charge is 0.497 e. The Morgan fingerprint density at radius 3 is 0.923 bits per heavy atom. The molecule has 0 saturated carbocycles. The number of Topliss-reactive ketones (excluding diaryl/α,β-unsaturated/α-hetero) is 1. The van der Waals surface area contributed by atoms with Gasteiger partial charge in [0.05, 0.1) is 30.8 Å². The van der Waals surface area contributed by atoms with Gasteiger partial charge in [-0.05, 0) is 161 Å². The molecular formula is C119H186O10Si. The van der Waals surface area contributed by atoms with Gasteiger partial charge in [-0.25, -0.2) is 0 Å². The van der Waals surface area contributed by atoms with Gasteiger partial charge in [-0.3, -0.25) is 24.0 Å². The smallest absolute Gasteiger partial charge is 0.308 e. The van der Waals surface area contributed by atoms with Crippen molar-refractivity contribution < 1.29 is 47.7 Å². The molecule has 130 heavy (non-hydrogen) atoms. The van der Waals surface area contributed by atoms with E-state index in [0.29, 0.717) is 36.2 Å². The summed E-state index contributed by atoms with van der Waals surface area (Å²) in [5, 5.41) is 0.576. The van der Waals surface area contributed by atoms with E-state index in [1.807, 2.05) is 137 Å². The van der Waals surface area contributed by atoms with E-state index in [1.165, 1.54) is 62.9 Å². The van der Waals surface area contributed by atoms with Crippen LogP contribution in [0.1, 0.15) is 306 Å². The molecule has 0 bridgehead atoms. The van der Waals surface area contributed by atoms with Gasteiger partial charge in [0.25, 0.3) is 0 Å². The van der Waals surface area contributed by atoms with Crippen molar-refractivity contribution in [2.24, 2.45) is 70.5 Å². The number of ether oxygens (including phenoxy) is 5. The van der Waals surface area contributed by atoms with Crippen molar-refractivity contribution in [2.45, 2.75) is 316 Å². The van der Waals surface area contributed by atoms with Crippen molar-refractivity contribution in [3.05, 3.63) is 294 Å². The second-order valence-electron chi connectivity index (χ2n) is 41.8. The lowest BCUT2D eigenvalue weighted by Gasteiger charge is -2.39. The summed E-state index contributed by atoms with van der Waals surface area (Å²) in [4.78, 5) is 54.5. The average Bonchev–Trinajstić information content (AvgIpc) is 1.18. The van der Waals surface area contributed by atoms with E-state index in [2.05, 4.69) is 348 Å². The number of carbonyl (C=O) groups excluding carboxylic acids is 5. The number of hydrogen-bond acceptors (Lipinski definition) is 10. The van der Waals surface area contributed by atoms with Crippen molar-refractivity contribution in [2.75, 3.05) is 20.3 Å². The first-order valence-corrected chi connectivity index (χ1v) is 51.3. The minimum Gasteiger partial charge on any atom is -0.497 e. The summed E-state index contributed by atoms with van der Waals surface area (Å²) in [6.45, 7) is 87.8. The van der Waals surface area contributed by atoms with Crippen molar-refractivity contribution in [3.8, 4) is 16.9 Å². The van der Waals surface area contributed by atoms with Gasteiger partial charge >= 0.3 is 23.9 Å². The Bertz CT molecular complexity index is 4020. The number of rotatable bonds is 23. The van der Waals surface area contributed by atoms with Gasteiger partial charge in [0.1, 0.15) is 37.0 Å². The van der Waals surface area contributed by atoms with Crippen LogP contribution in [0.25, 0.3) is 11.1 Å². The SMILES string of the molecule is C=CCC(C)C.C=CCOC(=O)C(C)C.CC(=O)C(C)C.CC(C)(C)C.CC(C)(C)[Si](C)(C)C.CC(C)C.CC(C)C(=O)OC(C)(C)C.CC(C)C(=O)OCC1c2ccccc2-c2ccccc21.CC(C)C(=O)OCc1ccccc1.CC(C)C(c1ccccc1)(c1ccccc1)c1ccccc1.CC(C)Cc1ccccc1.CCC(C)C.COc1ccc(CC(C)C)cc1. The number of esters is 4. The van der Waals surface area contributed by atoms with E-state index >= 15 is 0 Å². The molecular weight excluding hydrogens is 1620 g/mol. The first-order valence-electron chi connectivity index (χ1n) is 47.8. The predicted octanol–water partition coefficient (Wildman–Crippen LogP) is 33.5. The van der Waals surface area contributed by atoms with Crippen molar-refractivity contribution >= 4 is 37.7 Å². The Morgan fingerprint density at radius 2 is 0.677 bits per heavy atom. The van der Waals surface area contributed by atoms with E-state index in [-0.39, 0.29) is 76.2 Å². The van der Waals surface area contributed by atoms with Gasteiger partial charge in [0.15, 0.2) is 0 Å². The van der Waals surface area contributed by atoms with Gasteiger partial charge in [-0.1, -0.05) is 472 Å². The van der Waals surface area contributed by atoms with Crippen LogP contribution in [-0.2, 0) is 67.8 Å². The highest BCUT2D eigenvalue weighted by molar-refractivity contribution is 6.78. The van der Waals surface area contributed by atoms with Crippen LogP contribution in [0, 0.1) is 70.5 Å². The zero-order valence-corrected chi connectivity index (χ0v) is 90.4. The monoisotopic (exact) mass is 1800 g/mol. The Balaban J connectivity index is -0.000000684. The molecule has 0 heterocycles. The van der Waals surface area contributed by atoms with Crippen LogP contribution in [0.2, 0.25) is 24.7 Å². The van der Waals surface area contributed by atoms with Gasteiger partial charge in [-0.2, -0.15) is 0 Å². The highest BCUT2D eigenvalue weighted by atomic mass is 28.3. The predicted molar refractivity (Wildman–Crippen MR) is 567 cm³/mol. The lowest BCUT2D eigenvalue weighted by Crippen LogP contribution is -2.35. The molecule has 0 radical (unpaired) electrons. The molecule has 0 fully saturated rings. The van der Waals surface area contributed by atoms with Crippen LogP contribution in [0.4, 0.5) is 0 Å². The Hall–Kier alpha value is -9.19. The fraction of sp³-hybridized carbons (Fsp3) is 0.521. The number of benzene rings is 8. The molecule has 726 valence electrons. The standard InChI is InChI=1S/C22H22.C18H18O2.C11H14O2.C11H16O.C10H14.C8H16O2.C7H12O2.C7H18Si.C6H12.C5H10O.2C5H12.C4H10/c1-18(2)22(19-12-6-3-7-13-19,20-14-8-4-9-15-20)21-16-10-5-11-17-21;1-12(2)18(19)20-11-17-15-9-5-3-7-13(15)14-8-4-6-10-16(14)17;1-9(2)11(12)13-8-10-6-4-3-5-7-10;1-9(2)8-10-4-6-11(12-3)7-5-10;1-9(2)8-10-6-4-3-5-7-10;1-6(2)7(9)10-8(3,4)5;1-4-5-9-7(8)6(2)3;1-7(2,3)8(4,5)6;1-4-5-6(2)3;1-4(2)5(3)6;1-5(2,3)4;1-4-5(2)3;1-4(2)3/h3-18H,1-2H3;3-10,12,17H,11H2,1-2H3;3-7,9H,8H2,1-2H3;4-7,9H,8H2,1-3H3;3-7,9H,8H2,1-2H3;6H,1-5H3;4,6H,1,5H2,2-3H3;1-6H3;4,6H,1,5H2,2-3H3;4H,1-3H3;1-4H3;5H,4H2,1-3H3;4H,1-3H3. The van der Waals surface area contributed by atoms with Gasteiger partial charge in [0, 0.05) is 25.3 Å². The molecule has 10 nitrogen and oxygen atoms in total. The van der Waals surface area contributed by atoms with E-state index in [1.54, 1.807) is 34.0 Å². The summed E-state index contributed by atoms with van der Waals surface area (Å²) in [6, 6.07) is 77.9. The number of allylic oxidation sites excluding steroid dienone is 1. The molecule has 9 rings (SSSR count). The third kappa shape index (κ3) is 63.0. The molecule has 8 aromatic rings. The number of methoxy groups -OCH3 is 1. The molecule has 1 aliphatic carbocycles. The van der Waals surface area contributed by atoms with Crippen LogP contribution < -0.4 is 4.74 Å². The molecule has 0 amide bonds. The highest BCUT2D eigenvalue weighted by Crippen LogP contribution is 2.46. The lowest BCUT2D eigenvalue weighted by atomic mass is 9.63. The second kappa shape index (κ2) is 69.7. The normalized spacial score (nSPS) is 11.1. The van der Waals surface area contributed by atoms with Gasteiger partial charge < -0.3 is 23.7 Å². The first kappa shape index (κ1) is 127. The van der Waals surface area contributed by atoms with Crippen LogP contribution in [-0.4, -0.2) is 63.7 Å². The molecule has 8 aromatic carbocycles. The zero-order chi connectivity index (χ0) is 101. The molecule has 0 aromatic heterocycles. The lowest BCUT2D eigenvalue weighted by molar-refractivity contribution is -0.158. The maximum absolute atomic E-state index is 11.7. The molecule has 0 saturated heterocycles. The number of fused-ring (bicyclic) bond motifs is 3. The van der Waals surface area contributed by atoms with E-state index < -0.39 is 8.07 Å². The minimum absolute atomic E-state index is 0.0285. The molecule has 0 aliphatic heterocycles. The molecule has 0 unspecified atom stereocenters. The second-order valence-corrected chi connectivity index (χ2v) is 47.8. The topological polar surface area (TPSA) is 132 Å². The fourth-order valence-corrected chi connectivity index (χ4v) is 10.6. The fourth-order valence-electron chi connectivity index (χ4n) is 10.6. The summed E-state index contributed by atoms with van der Waals surface area (Å²) in [6.07, 6.45) is 8.29. The van der Waals surface area contributed by atoms with Crippen molar-refractivity contribution in [1.29, 1.82) is 0 Å². The summed E-state index contributed by atoms with van der Waals surface area (Å²) in [7, 11) is 0.833. The summed E-state index contributed by atoms with van der Waals surface area (Å²) in [5.74, 6) is 5.21. The molecule has 11 heteroatoms. The van der Waals surface area contributed by atoms with Crippen LogP contribution in [0.5, 0.6) is 5.75 Å². The van der Waals surface area contributed by atoms with Crippen LogP contribution in [0.3, 0.4) is 0 Å². The molecule has 1 aliphatic rings. The highest BCUT2D eigenvalue weighted by Gasteiger charge is 2.39. The minimum atomic E-state index is -0.859. The summed E-state index contributed by atoms with van der Waals surface area (Å²) in [5.41, 5.74) is 13.0. The number of carbonyl (C=O) groups is 5. The van der Waals surface area contributed by atoms with Crippen molar-refractivity contribution in [3.63, 3.8) is 0 Å². The Morgan fingerprint density at radius 1 is 0.385 bits per heavy atom.